The maximum absolute atomic E-state index is 13.2. The van der Waals surface area contributed by atoms with Gasteiger partial charge in [-0.15, -0.1) is 0 Å². The van der Waals surface area contributed by atoms with Crippen LogP contribution in [-0.4, -0.2) is 52.9 Å². The largest absolute Gasteiger partial charge is 0.507 e. The van der Waals surface area contributed by atoms with Gasteiger partial charge in [0.2, 0.25) is 0 Å². The van der Waals surface area contributed by atoms with Crippen LogP contribution in [-0.2, 0) is 11.8 Å². The van der Waals surface area contributed by atoms with E-state index in [0.29, 0.717) is 17.5 Å². The quantitative estimate of drug-likeness (QED) is 0.350. The van der Waals surface area contributed by atoms with Crippen LogP contribution < -0.4 is 9.47 Å². The summed E-state index contributed by atoms with van der Waals surface area (Å²) in [6.07, 6.45) is 4.67. The first-order chi connectivity index (χ1) is 16.5. The van der Waals surface area contributed by atoms with Gasteiger partial charge < -0.3 is 24.6 Å². The molecule has 1 saturated heterocycles. The highest BCUT2D eigenvalue weighted by Gasteiger charge is 2.64. The van der Waals surface area contributed by atoms with Gasteiger partial charge in [0.25, 0.3) is 0 Å². The van der Waals surface area contributed by atoms with Crippen molar-refractivity contribution in [2.75, 3.05) is 13.6 Å². The van der Waals surface area contributed by atoms with Crippen LogP contribution in [0.25, 0.3) is 10.8 Å². The highest BCUT2D eigenvalue weighted by Crippen LogP contribution is 2.62. The molecular weight excluding hydrogens is 430 g/mol. The number of nitrogens with zero attached hydrogens (tertiary/aromatic N) is 1. The Morgan fingerprint density at radius 1 is 1.15 bits per heavy atom. The number of hydrogen-bond donors (Lipinski definition) is 2. The van der Waals surface area contributed by atoms with Crippen LogP contribution in [0.15, 0.2) is 60.7 Å². The van der Waals surface area contributed by atoms with Crippen molar-refractivity contribution in [2.24, 2.45) is 5.92 Å². The average molecular weight is 456 g/mol. The molecule has 1 fully saturated rings. The zero-order chi connectivity index (χ0) is 23.2. The highest BCUT2D eigenvalue weighted by atomic mass is 16.6. The molecule has 2 aliphatic carbocycles. The minimum Gasteiger partial charge on any atom is -0.507 e. The maximum Gasteiger partial charge on any atom is 0.347 e. The van der Waals surface area contributed by atoms with Crippen molar-refractivity contribution in [3.63, 3.8) is 0 Å². The number of aliphatic hydroxyl groups is 1. The topological polar surface area (TPSA) is 79.2 Å². The second kappa shape index (κ2) is 6.84. The summed E-state index contributed by atoms with van der Waals surface area (Å²) in [6, 6.07) is 14.9. The summed E-state index contributed by atoms with van der Waals surface area (Å²) in [6.45, 7) is 0.926. The number of likely N-dealkylation sites (N-methyl/N-ethyl adjacent to an activating group) is 1. The number of benzene rings is 3. The maximum atomic E-state index is 13.2. The number of phenols is 1. The van der Waals surface area contributed by atoms with Gasteiger partial charge in [-0.05, 0) is 61.0 Å². The number of rotatable bonds is 2. The normalized spacial score (nSPS) is 30.6. The lowest BCUT2D eigenvalue weighted by atomic mass is 9.53. The molecule has 5 atom stereocenters. The van der Waals surface area contributed by atoms with Crippen molar-refractivity contribution in [3.8, 4) is 17.2 Å². The fourth-order valence-electron chi connectivity index (χ4n) is 6.85. The lowest BCUT2D eigenvalue weighted by molar-refractivity contribution is -0.0453. The second-order valence-corrected chi connectivity index (χ2v) is 10.0. The summed E-state index contributed by atoms with van der Waals surface area (Å²) in [5.74, 6) is 0.381. The van der Waals surface area contributed by atoms with Crippen LogP contribution >= 0.6 is 0 Å². The molecule has 0 saturated carbocycles. The summed E-state index contributed by atoms with van der Waals surface area (Å²) in [4.78, 5) is 15.6. The molecule has 2 aliphatic heterocycles. The number of phenolic OH excluding ortho intramolecular Hbond substituents is 1. The SMILES string of the molecule is CN1CC[C@]23c4c5ccc(OC(=O)c6cc7ccccc7cc6O)c4O[C@H]2[C@@H](O)C=C[C@H]3[C@H]1C5. The van der Waals surface area contributed by atoms with Crippen LogP contribution in [0.1, 0.15) is 27.9 Å². The fourth-order valence-corrected chi connectivity index (χ4v) is 6.85. The molecule has 4 aliphatic rings. The van der Waals surface area contributed by atoms with Crippen molar-refractivity contribution >= 4 is 16.7 Å². The number of carbonyl (C=O) groups is 1. The van der Waals surface area contributed by atoms with Crippen LogP contribution in [0.2, 0.25) is 0 Å². The van der Waals surface area contributed by atoms with Crippen molar-refractivity contribution in [1.29, 1.82) is 0 Å². The Morgan fingerprint density at radius 2 is 1.94 bits per heavy atom. The van der Waals surface area contributed by atoms with E-state index in [9.17, 15) is 15.0 Å². The summed E-state index contributed by atoms with van der Waals surface area (Å²) < 4.78 is 12.3. The number of ether oxygens (including phenoxy) is 2. The Bertz CT molecular complexity index is 1400. The Balaban J connectivity index is 1.32. The smallest absolute Gasteiger partial charge is 0.347 e. The predicted octanol–water partition coefficient (Wildman–Crippen LogP) is 3.57. The van der Waals surface area contributed by atoms with E-state index in [1.807, 2.05) is 36.4 Å². The molecule has 0 unspecified atom stereocenters. The predicted molar refractivity (Wildman–Crippen MR) is 126 cm³/mol. The average Bonchev–Trinajstić information content (AvgIpc) is 3.19. The molecule has 0 aromatic heterocycles. The molecule has 34 heavy (non-hydrogen) atoms. The number of piperidine rings is 1. The number of likely N-dealkylation sites (tertiary alicyclic amines) is 1. The van der Waals surface area contributed by atoms with E-state index in [1.165, 1.54) is 5.56 Å². The number of esters is 1. The van der Waals surface area contributed by atoms with Gasteiger partial charge in [-0.25, -0.2) is 4.79 Å². The summed E-state index contributed by atoms with van der Waals surface area (Å²) in [5.41, 5.74) is 2.07. The zero-order valence-corrected chi connectivity index (χ0v) is 18.8. The van der Waals surface area contributed by atoms with Crippen molar-refractivity contribution in [3.05, 3.63) is 77.4 Å². The third-order valence-corrected chi connectivity index (χ3v) is 8.42. The van der Waals surface area contributed by atoms with Crippen LogP contribution in [0, 0.1) is 5.92 Å². The Labute approximate surface area is 197 Å². The third kappa shape index (κ3) is 2.50. The van der Waals surface area contributed by atoms with E-state index in [0.717, 1.165) is 35.7 Å². The zero-order valence-electron chi connectivity index (χ0n) is 18.8. The van der Waals surface area contributed by atoms with Gasteiger partial charge in [-0.3, -0.25) is 0 Å². The van der Waals surface area contributed by atoms with Gasteiger partial charge in [-0.1, -0.05) is 42.5 Å². The lowest BCUT2D eigenvalue weighted by Crippen LogP contribution is -2.64. The second-order valence-electron chi connectivity index (χ2n) is 10.0. The highest BCUT2D eigenvalue weighted by molar-refractivity contribution is 5.99. The lowest BCUT2D eigenvalue weighted by Gasteiger charge is -2.56. The van der Waals surface area contributed by atoms with E-state index in [4.69, 9.17) is 9.47 Å². The van der Waals surface area contributed by atoms with Gasteiger partial charge >= 0.3 is 5.97 Å². The van der Waals surface area contributed by atoms with Crippen molar-refractivity contribution in [1.82, 2.24) is 4.90 Å². The van der Waals surface area contributed by atoms with E-state index in [-0.39, 0.29) is 22.6 Å². The minimum atomic E-state index is -0.716. The van der Waals surface area contributed by atoms with E-state index in [2.05, 4.69) is 18.0 Å². The van der Waals surface area contributed by atoms with Crippen molar-refractivity contribution < 1.29 is 24.5 Å². The Hall–Kier alpha value is -3.35. The summed E-state index contributed by atoms with van der Waals surface area (Å²) in [5, 5.41) is 23.1. The van der Waals surface area contributed by atoms with Crippen molar-refractivity contribution in [2.45, 2.75) is 36.5 Å². The number of hydrogen-bond acceptors (Lipinski definition) is 6. The summed E-state index contributed by atoms with van der Waals surface area (Å²) >= 11 is 0. The fraction of sp³-hybridized carbons (Fsp3) is 0.321. The molecule has 6 nitrogen and oxygen atoms in total. The van der Waals surface area contributed by atoms with Gasteiger partial charge in [0.1, 0.15) is 23.5 Å². The molecule has 7 rings (SSSR count). The number of aromatic hydroxyl groups is 1. The third-order valence-electron chi connectivity index (χ3n) is 8.42. The molecule has 3 aromatic rings. The van der Waals surface area contributed by atoms with Gasteiger partial charge in [-0.2, -0.15) is 0 Å². The first kappa shape index (κ1) is 20.1. The number of carbonyl (C=O) groups excluding carboxylic acids is 1. The molecule has 6 heteroatoms. The van der Waals surface area contributed by atoms with Gasteiger partial charge in [0.05, 0.1) is 0 Å². The van der Waals surface area contributed by atoms with Gasteiger partial charge in [0, 0.05) is 22.9 Å². The standard InChI is InChI=1S/C28H25NO5/c1-29-11-10-28-19-7-8-21(30)26(28)34-25-23(9-6-17(24(25)28)13-20(19)29)33-27(32)18-12-15-4-2-3-5-16(15)14-22(18)31/h2-9,12,14,19-21,26,30-31H,10-11,13H2,1H3/t19-,20+,21-,26-,28-/m0/s1. The first-order valence-electron chi connectivity index (χ1n) is 11.8. The van der Waals surface area contributed by atoms with E-state index >= 15 is 0 Å². The monoisotopic (exact) mass is 455 g/mol. The number of aliphatic hydroxyl groups excluding tert-OH is 1. The molecule has 2 N–H and O–H groups in total. The Morgan fingerprint density at radius 3 is 2.76 bits per heavy atom. The number of fused-ring (bicyclic) bond motifs is 1. The van der Waals surface area contributed by atoms with Crippen LogP contribution in [0.3, 0.4) is 0 Å². The van der Waals surface area contributed by atoms with E-state index < -0.39 is 18.2 Å². The first-order valence-corrected chi connectivity index (χ1v) is 11.8. The summed E-state index contributed by atoms with van der Waals surface area (Å²) in [7, 11) is 2.17. The molecule has 2 heterocycles. The molecule has 0 radical (unpaired) electrons. The van der Waals surface area contributed by atoms with Crippen LogP contribution in [0.5, 0.6) is 17.2 Å². The minimum absolute atomic E-state index is 0.108. The molecule has 3 aromatic carbocycles. The Kier molecular flexibility index (Phi) is 4.04. The molecule has 0 amide bonds. The molecule has 172 valence electrons. The van der Waals surface area contributed by atoms with Crippen LogP contribution in [0.4, 0.5) is 0 Å². The molecule has 2 bridgehead atoms. The van der Waals surface area contributed by atoms with E-state index in [1.54, 1.807) is 18.2 Å². The van der Waals surface area contributed by atoms with Gasteiger partial charge in [0.15, 0.2) is 11.5 Å². The molecule has 1 spiro atoms. The molecular formula is C28H25NO5.